The van der Waals surface area contributed by atoms with Crippen molar-refractivity contribution in [3.05, 3.63) is 24.3 Å². The van der Waals surface area contributed by atoms with E-state index in [2.05, 4.69) is 10.6 Å². The van der Waals surface area contributed by atoms with E-state index in [1.165, 1.54) is 6.92 Å². The number of carbonyl (C=O) groups excluding carboxylic acids is 1. The van der Waals surface area contributed by atoms with E-state index in [1.54, 1.807) is 0 Å². The smallest absolute Gasteiger partial charge is 0.221 e. The van der Waals surface area contributed by atoms with Crippen molar-refractivity contribution < 1.29 is 9.90 Å². The Morgan fingerprint density at radius 2 is 1.88 bits per heavy atom. The number of carbonyl (C=O) groups is 1. The minimum Gasteiger partial charge on any atom is -0.391 e. The molecule has 88 valence electrons. The van der Waals surface area contributed by atoms with Crippen molar-refractivity contribution in [3.8, 4) is 0 Å². The highest BCUT2D eigenvalue weighted by Crippen LogP contribution is 2.13. The molecule has 0 aliphatic carbocycles. The minimum atomic E-state index is -0.324. The van der Waals surface area contributed by atoms with Crippen LogP contribution < -0.4 is 10.6 Å². The zero-order valence-electron chi connectivity index (χ0n) is 9.66. The summed E-state index contributed by atoms with van der Waals surface area (Å²) in [5.41, 5.74) is 1.70. The van der Waals surface area contributed by atoms with Crippen LogP contribution in [0.5, 0.6) is 0 Å². The number of rotatable bonds is 5. The first kappa shape index (κ1) is 12.5. The van der Waals surface area contributed by atoms with E-state index in [9.17, 15) is 9.90 Å². The van der Waals surface area contributed by atoms with Gasteiger partial charge in [-0.2, -0.15) is 0 Å². The summed E-state index contributed by atoms with van der Waals surface area (Å²) in [6.45, 7) is 3.95. The third kappa shape index (κ3) is 4.31. The lowest BCUT2D eigenvalue weighted by molar-refractivity contribution is -0.114. The monoisotopic (exact) mass is 222 g/mol. The summed E-state index contributed by atoms with van der Waals surface area (Å²) in [4.78, 5) is 10.8. The predicted octanol–water partition coefficient (Wildman–Crippen LogP) is 1.83. The van der Waals surface area contributed by atoms with Gasteiger partial charge in [-0.05, 0) is 30.7 Å². The van der Waals surface area contributed by atoms with Gasteiger partial charge in [0.2, 0.25) is 5.91 Å². The van der Waals surface area contributed by atoms with E-state index in [4.69, 9.17) is 0 Å². The van der Waals surface area contributed by atoms with Crippen LogP contribution in [0.25, 0.3) is 0 Å². The number of aliphatic hydroxyl groups is 1. The first-order valence-corrected chi connectivity index (χ1v) is 5.41. The maximum Gasteiger partial charge on any atom is 0.221 e. The average molecular weight is 222 g/mol. The summed E-state index contributed by atoms with van der Waals surface area (Å²) in [6.07, 6.45) is 0.409. The van der Waals surface area contributed by atoms with Crippen LogP contribution in [-0.4, -0.2) is 23.7 Å². The molecular weight excluding hydrogens is 204 g/mol. The number of hydrogen-bond acceptors (Lipinski definition) is 3. The van der Waals surface area contributed by atoms with Crippen LogP contribution in [0.4, 0.5) is 11.4 Å². The number of amides is 1. The highest BCUT2D eigenvalue weighted by molar-refractivity contribution is 5.88. The SMILES string of the molecule is CCC(O)CNc1ccc(NC(C)=O)cc1. The Morgan fingerprint density at radius 3 is 2.38 bits per heavy atom. The molecule has 0 fully saturated rings. The van der Waals surface area contributed by atoms with Gasteiger partial charge >= 0.3 is 0 Å². The maximum atomic E-state index is 10.8. The molecule has 3 N–H and O–H groups in total. The van der Waals surface area contributed by atoms with Crippen molar-refractivity contribution in [3.63, 3.8) is 0 Å². The van der Waals surface area contributed by atoms with Gasteiger partial charge in [-0.25, -0.2) is 0 Å². The van der Waals surface area contributed by atoms with Gasteiger partial charge in [0, 0.05) is 24.8 Å². The molecule has 1 aromatic carbocycles. The molecule has 0 aliphatic rings. The van der Waals surface area contributed by atoms with Gasteiger partial charge in [0.05, 0.1) is 6.10 Å². The van der Waals surface area contributed by atoms with Crippen molar-refractivity contribution in [2.75, 3.05) is 17.2 Å². The molecular formula is C12H18N2O2. The fourth-order valence-corrected chi connectivity index (χ4v) is 1.25. The number of anilines is 2. The lowest BCUT2D eigenvalue weighted by atomic mass is 10.2. The summed E-state index contributed by atoms with van der Waals surface area (Å²) < 4.78 is 0. The second kappa shape index (κ2) is 6.12. The summed E-state index contributed by atoms with van der Waals surface area (Å²) in [5.74, 6) is -0.0814. The van der Waals surface area contributed by atoms with Crippen LogP contribution in [0.1, 0.15) is 20.3 Å². The Morgan fingerprint density at radius 1 is 1.31 bits per heavy atom. The number of nitrogens with one attached hydrogen (secondary N) is 2. The van der Waals surface area contributed by atoms with Gasteiger partial charge in [-0.3, -0.25) is 4.79 Å². The molecule has 1 atom stereocenters. The Labute approximate surface area is 95.7 Å². The van der Waals surface area contributed by atoms with E-state index in [1.807, 2.05) is 31.2 Å². The van der Waals surface area contributed by atoms with Crippen LogP contribution in [0, 0.1) is 0 Å². The molecule has 1 aromatic rings. The topological polar surface area (TPSA) is 61.4 Å². The summed E-state index contributed by atoms with van der Waals surface area (Å²) >= 11 is 0. The normalized spacial score (nSPS) is 11.9. The van der Waals surface area contributed by atoms with E-state index < -0.39 is 0 Å². The number of benzene rings is 1. The molecule has 0 saturated heterocycles. The molecule has 0 saturated carbocycles. The second-order valence-corrected chi connectivity index (χ2v) is 3.70. The largest absolute Gasteiger partial charge is 0.391 e. The molecule has 1 amide bonds. The van der Waals surface area contributed by atoms with E-state index >= 15 is 0 Å². The van der Waals surface area contributed by atoms with Gasteiger partial charge in [0.25, 0.3) is 0 Å². The zero-order chi connectivity index (χ0) is 12.0. The van der Waals surface area contributed by atoms with Crippen LogP contribution in [0.2, 0.25) is 0 Å². The Bertz CT molecular complexity index is 335. The van der Waals surface area contributed by atoms with Crippen LogP contribution in [0.15, 0.2) is 24.3 Å². The third-order valence-electron chi connectivity index (χ3n) is 2.22. The molecule has 0 spiro atoms. The van der Waals surface area contributed by atoms with E-state index in [-0.39, 0.29) is 12.0 Å². The Kier molecular flexibility index (Phi) is 4.79. The Balaban J connectivity index is 2.48. The standard InChI is InChI=1S/C12H18N2O2/c1-3-12(16)8-13-10-4-6-11(7-5-10)14-9(2)15/h4-7,12-13,16H,3,8H2,1-2H3,(H,14,15). The highest BCUT2D eigenvalue weighted by Gasteiger charge is 2.00. The van der Waals surface area contributed by atoms with Gasteiger partial charge in [0.15, 0.2) is 0 Å². The van der Waals surface area contributed by atoms with E-state index in [0.29, 0.717) is 6.54 Å². The van der Waals surface area contributed by atoms with Crippen LogP contribution >= 0.6 is 0 Å². The summed E-state index contributed by atoms with van der Waals surface area (Å²) in [7, 11) is 0. The molecule has 1 unspecified atom stereocenters. The molecule has 0 aromatic heterocycles. The van der Waals surface area contributed by atoms with Crippen molar-refractivity contribution in [2.45, 2.75) is 26.4 Å². The molecule has 4 nitrogen and oxygen atoms in total. The molecule has 0 aliphatic heterocycles. The molecule has 0 radical (unpaired) electrons. The van der Waals surface area contributed by atoms with Crippen molar-refractivity contribution in [1.29, 1.82) is 0 Å². The first-order chi connectivity index (χ1) is 7.61. The average Bonchev–Trinajstić information content (AvgIpc) is 2.27. The molecule has 0 heterocycles. The quantitative estimate of drug-likeness (QED) is 0.712. The predicted molar refractivity (Wildman–Crippen MR) is 65.5 cm³/mol. The lowest BCUT2D eigenvalue weighted by Crippen LogP contribution is -2.18. The fourth-order valence-electron chi connectivity index (χ4n) is 1.25. The first-order valence-electron chi connectivity index (χ1n) is 5.41. The minimum absolute atomic E-state index is 0.0814. The van der Waals surface area contributed by atoms with Gasteiger partial charge < -0.3 is 15.7 Å². The Hall–Kier alpha value is -1.55. The number of aliphatic hydroxyl groups excluding tert-OH is 1. The molecule has 16 heavy (non-hydrogen) atoms. The maximum absolute atomic E-state index is 10.8. The summed E-state index contributed by atoms with van der Waals surface area (Å²) in [6, 6.07) is 7.38. The lowest BCUT2D eigenvalue weighted by Gasteiger charge is -2.11. The second-order valence-electron chi connectivity index (χ2n) is 3.70. The third-order valence-corrected chi connectivity index (χ3v) is 2.22. The highest BCUT2D eigenvalue weighted by atomic mass is 16.3. The molecule has 0 bridgehead atoms. The zero-order valence-corrected chi connectivity index (χ0v) is 9.66. The van der Waals surface area contributed by atoms with Crippen LogP contribution in [-0.2, 0) is 4.79 Å². The number of hydrogen-bond donors (Lipinski definition) is 3. The van der Waals surface area contributed by atoms with Gasteiger partial charge in [-0.1, -0.05) is 6.92 Å². The van der Waals surface area contributed by atoms with Crippen LogP contribution in [0.3, 0.4) is 0 Å². The van der Waals surface area contributed by atoms with Crippen molar-refractivity contribution in [1.82, 2.24) is 0 Å². The van der Waals surface area contributed by atoms with Crippen molar-refractivity contribution in [2.24, 2.45) is 0 Å². The van der Waals surface area contributed by atoms with E-state index in [0.717, 1.165) is 17.8 Å². The van der Waals surface area contributed by atoms with Gasteiger partial charge in [-0.15, -0.1) is 0 Å². The fraction of sp³-hybridized carbons (Fsp3) is 0.417. The molecule has 4 heteroatoms. The van der Waals surface area contributed by atoms with Crippen molar-refractivity contribution >= 4 is 17.3 Å². The molecule has 1 rings (SSSR count). The summed E-state index contributed by atoms with van der Waals surface area (Å²) in [5, 5.41) is 15.2. The van der Waals surface area contributed by atoms with Gasteiger partial charge in [0.1, 0.15) is 0 Å².